The van der Waals surface area contributed by atoms with Crippen LogP contribution in [-0.4, -0.2) is 11.1 Å². The highest BCUT2D eigenvalue weighted by molar-refractivity contribution is 7.13. The van der Waals surface area contributed by atoms with E-state index >= 15 is 0 Å². The van der Waals surface area contributed by atoms with E-state index in [9.17, 15) is 4.79 Å². The zero-order chi connectivity index (χ0) is 13.8. The monoisotopic (exact) mass is 290 g/mol. The van der Waals surface area contributed by atoms with E-state index in [-0.39, 0.29) is 11.8 Å². The molecule has 1 saturated carbocycles. The van der Waals surface area contributed by atoms with Gasteiger partial charge < -0.3 is 9.84 Å². The Kier molecular flexibility index (Phi) is 4.16. The molecule has 0 radical (unpaired) electrons. The average Bonchev–Trinajstić information content (AvgIpc) is 3.16. The van der Waals surface area contributed by atoms with Gasteiger partial charge in [0.25, 0.3) is 0 Å². The molecule has 5 heteroatoms. The largest absolute Gasteiger partial charge is 0.355 e. The zero-order valence-electron chi connectivity index (χ0n) is 11.3. The molecule has 4 nitrogen and oxygen atoms in total. The maximum atomic E-state index is 12.0. The Morgan fingerprint density at radius 1 is 1.40 bits per heavy atom. The Balaban J connectivity index is 1.54. The van der Waals surface area contributed by atoms with Crippen molar-refractivity contribution in [1.82, 2.24) is 10.5 Å². The summed E-state index contributed by atoms with van der Waals surface area (Å²) in [6, 6.07) is 5.87. The van der Waals surface area contributed by atoms with Crippen molar-refractivity contribution in [2.45, 2.75) is 38.6 Å². The van der Waals surface area contributed by atoms with Crippen molar-refractivity contribution < 1.29 is 9.32 Å². The van der Waals surface area contributed by atoms with Gasteiger partial charge in [-0.2, -0.15) is 0 Å². The molecule has 0 spiro atoms. The molecule has 0 atom stereocenters. The molecule has 3 rings (SSSR count). The minimum absolute atomic E-state index is 0.158. The van der Waals surface area contributed by atoms with Crippen molar-refractivity contribution in [2.75, 3.05) is 0 Å². The van der Waals surface area contributed by atoms with Crippen LogP contribution < -0.4 is 5.32 Å². The Morgan fingerprint density at radius 3 is 3.00 bits per heavy atom. The molecule has 2 aromatic heterocycles. The number of carbonyl (C=O) groups excluding carboxylic acids is 1. The molecule has 1 N–H and O–H groups in total. The van der Waals surface area contributed by atoms with E-state index in [1.165, 1.54) is 19.3 Å². The third-order valence-corrected chi connectivity index (χ3v) is 4.63. The lowest BCUT2D eigenvalue weighted by Gasteiger charge is -2.20. The fourth-order valence-corrected chi connectivity index (χ4v) is 3.29. The van der Waals surface area contributed by atoms with Crippen LogP contribution in [0.1, 0.15) is 37.8 Å². The number of hydrogen-bond acceptors (Lipinski definition) is 4. The number of nitrogens with zero attached hydrogens (tertiary/aromatic N) is 1. The first kappa shape index (κ1) is 13.4. The fourth-order valence-electron chi connectivity index (χ4n) is 2.62. The van der Waals surface area contributed by atoms with Crippen molar-refractivity contribution in [2.24, 2.45) is 5.92 Å². The molecule has 1 aliphatic rings. The quantitative estimate of drug-likeness (QED) is 0.936. The summed E-state index contributed by atoms with van der Waals surface area (Å²) in [7, 11) is 0. The van der Waals surface area contributed by atoms with Crippen LogP contribution in [0.4, 0.5) is 0 Å². The topological polar surface area (TPSA) is 55.1 Å². The third kappa shape index (κ3) is 3.10. The second-order valence-corrected chi connectivity index (χ2v) is 6.16. The summed E-state index contributed by atoms with van der Waals surface area (Å²) in [5, 5.41) is 8.98. The SMILES string of the molecule is O=C(NCc1cc(-c2cccs2)on1)C1CCCCC1. The van der Waals surface area contributed by atoms with Crippen molar-refractivity contribution in [3.8, 4) is 10.6 Å². The molecule has 0 bridgehead atoms. The van der Waals surface area contributed by atoms with E-state index in [0.29, 0.717) is 6.54 Å². The molecular formula is C15H18N2O2S. The van der Waals surface area contributed by atoms with Crippen LogP contribution in [0.15, 0.2) is 28.1 Å². The number of carbonyl (C=O) groups is 1. The van der Waals surface area contributed by atoms with E-state index in [4.69, 9.17) is 4.52 Å². The van der Waals surface area contributed by atoms with Crippen LogP contribution in [0.2, 0.25) is 0 Å². The maximum absolute atomic E-state index is 12.0. The van der Waals surface area contributed by atoms with E-state index < -0.39 is 0 Å². The van der Waals surface area contributed by atoms with E-state index in [2.05, 4.69) is 10.5 Å². The number of nitrogens with one attached hydrogen (secondary N) is 1. The van der Waals surface area contributed by atoms with Crippen LogP contribution in [-0.2, 0) is 11.3 Å². The molecule has 2 heterocycles. The first-order valence-electron chi connectivity index (χ1n) is 7.10. The highest BCUT2D eigenvalue weighted by Gasteiger charge is 2.21. The molecule has 2 aromatic rings. The molecule has 0 aromatic carbocycles. The summed E-state index contributed by atoms with van der Waals surface area (Å²) in [6.45, 7) is 0.449. The van der Waals surface area contributed by atoms with Gasteiger partial charge in [0, 0.05) is 12.0 Å². The molecular weight excluding hydrogens is 272 g/mol. The number of amides is 1. The van der Waals surface area contributed by atoms with Crippen LogP contribution in [0.5, 0.6) is 0 Å². The van der Waals surface area contributed by atoms with E-state index in [1.807, 2.05) is 23.6 Å². The summed E-state index contributed by atoms with van der Waals surface area (Å²) in [5.74, 6) is 1.11. The molecule has 0 unspecified atom stereocenters. The lowest BCUT2D eigenvalue weighted by Crippen LogP contribution is -2.31. The molecule has 106 valence electrons. The van der Waals surface area contributed by atoms with Gasteiger partial charge in [-0.1, -0.05) is 30.5 Å². The summed E-state index contributed by atoms with van der Waals surface area (Å²) < 4.78 is 5.30. The normalized spacial score (nSPS) is 16.2. The number of hydrogen-bond donors (Lipinski definition) is 1. The Labute approximate surface area is 122 Å². The number of aromatic nitrogens is 1. The van der Waals surface area contributed by atoms with Crippen LogP contribution >= 0.6 is 11.3 Å². The highest BCUT2D eigenvalue weighted by atomic mass is 32.1. The highest BCUT2D eigenvalue weighted by Crippen LogP contribution is 2.26. The third-order valence-electron chi connectivity index (χ3n) is 3.74. The van der Waals surface area contributed by atoms with Gasteiger partial charge in [-0.05, 0) is 24.3 Å². The molecule has 0 saturated heterocycles. The molecule has 1 amide bonds. The minimum atomic E-state index is 0.158. The molecule has 1 aliphatic carbocycles. The Hall–Kier alpha value is -1.62. The molecule has 0 aliphatic heterocycles. The van der Waals surface area contributed by atoms with Gasteiger partial charge in [0.05, 0.1) is 11.4 Å². The van der Waals surface area contributed by atoms with Gasteiger partial charge in [-0.3, -0.25) is 4.79 Å². The van der Waals surface area contributed by atoms with E-state index in [0.717, 1.165) is 29.2 Å². The first-order chi connectivity index (χ1) is 9.83. The Bertz CT molecular complexity index is 556. The van der Waals surface area contributed by atoms with Crippen molar-refractivity contribution in [3.63, 3.8) is 0 Å². The summed E-state index contributed by atoms with van der Waals surface area (Å²) in [4.78, 5) is 13.1. The lowest BCUT2D eigenvalue weighted by molar-refractivity contribution is -0.126. The zero-order valence-corrected chi connectivity index (χ0v) is 12.1. The standard InChI is InChI=1S/C15H18N2O2S/c18-15(11-5-2-1-3-6-11)16-10-12-9-13(19-17-12)14-7-4-8-20-14/h4,7-9,11H,1-3,5-6,10H2,(H,16,18). The summed E-state index contributed by atoms with van der Waals surface area (Å²) in [5.41, 5.74) is 0.776. The summed E-state index contributed by atoms with van der Waals surface area (Å²) >= 11 is 1.62. The van der Waals surface area contributed by atoms with Gasteiger partial charge in [-0.15, -0.1) is 11.3 Å². The first-order valence-corrected chi connectivity index (χ1v) is 7.98. The second-order valence-electron chi connectivity index (χ2n) is 5.21. The molecule has 1 fully saturated rings. The predicted octanol–water partition coefficient (Wildman–Crippen LogP) is 3.60. The number of rotatable bonds is 4. The van der Waals surface area contributed by atoms with Crippen LogP contribution in [0.3, 0.4) is 0 Å². The fraction of sp³-hybridized carbons (Fsp3) is 0.467. The van der Waals surface area contributed by atoms with Gasteiger partial charge in [0.2, 0.25) is 5.91 Å². The Morgan fingerprint density at radius 2 is 2.25 bits per heavy atom. The number of thiophene rings is 1. The van der Waals surface area contributed by atoms with Crippen molar-refractivity contribution in [3.05, 3.63) is 29.3 Å². The van der Waals surface area contributed by atoms with Crippen molar-refractivity contribution >= 4 is 17.2 Å². The van der Waals surface area contributed by atoms with Gasteiger partial charge in [-0.25, -0.2) is 0 Å². The van der Waals surface area contributed by atoms with Gasteiger partial charge in [0.1, 0.15) is 5.69 Å². The van der Waals surface area contributed by atoms with Crippen LogP contribution in [0.25, 0.3) is 10.6 Å². The maximum Gasteiger partial charge on any atom is 0.223 e. The lowest BCUT2D eigenvalue weighted by atomic mass is 9.89. The smallest absolute Gasteiger partial charge is 0.223 e. The minimum Gasteiger partial charge on any atom is -0.355 e. The van der Waals surface area contributed by atoms with Crippen molar-refractivity contribution in [1.29, 1.82) is 0 Å². The molecule has 20 heavy (non-hydrogen) atoms. The summed E-state index contributed by atoms with van der Waals surface area (Å²) in [6.07, 6.45) is 5.64. The second kappa shape index (κ2) is 6.22. The predicted molar refractivity (Wildman–Crippen MR) is 78.2 cm³/mol. The average molecular weight is 290 g/mol. The van der Waals surface area contributed by atoms with Gasteiger partial charge >= 0.3 is 0 Å². The van der Waals surface area contributed by atoms with Gasteiger partial charge in [0.15, 0.2) is 5.76 Å². The van der Waals surface area contributed by atoms with E-state index in [1.54, 1.807) is 11.3 Å². The van der Waals surface area contributed by atoms with Crippen LogP contribution in [0, 0.1) is 5.92 Å².